The summed E-state index contributed by atoms with van der Waals surface area (Å²) in [5.74, 6) is 2.16. The fourth-order valence-corrected chi connectivity index (χ4v) is 5.66. The quantitative estimate of drug-likeness (QED) is 0.826. The third-order valence-corrected chi connectivity index (χ3v) is 7.19. The Balaban J connectivity index is 1.74. The lowest BCUT2D eigenvalue weighted by atomic mass is 9.89. The smallest absolute Gasteiger partial charge is 0.207 e. The Morgan fingerprint density at radius 3 is 2.70 bits per heavy atom. The fourth-order valence-electron chi connectivity index (χ4n) is 3.84. The Labute approximate surface area is 129 Å². The number of fused-ring (bicyclic) bond motifs is 2. The van der Waals surface area contributed by atoms with Crippen LogP contribution < -0.4 is 0 Å². The summed E-state index contributed by atoms with van der Waals surface area (Å²) in [6.45, 7) is 0.663. The van der Waals surface area contributed by atoms with E-state index in [2.05, 4.69) is 15.9 Å². The Morgan fingerprint density at radius 2 is 2.10 bits per heavy atom. The lowest BCUT2D eigenvalue weighted by molar-refractivity contribution is 0.280. The first-order valence-electron chi connectivity index (χ1n) is 7.18. The van der Waals surface area contributed by atoms with Gasteiger partial charge in [-0.25, -0.2) is 12.7 Å². The summed E-state index contributed by atoms with van der Waals surface area (Å²) in [5, 5.41) is 0. The summed E-state index contributed by atoms with van der Waals surface area (Å²) in [4.78, 5) is 0.373. The van der Waals surface area contributed by atoms with Gasteiger partial charge in [-0.3, -0.25) is 0 Å². The Bertz CT molecular complexity index is 602. The molecule has 0 saturated heterocycles. The molecule has 3 rings (SSSR count). The molecule has 2 fully saturated rings. The number of halogens is 1. The van der Waals surface area contributed by atoms with Gasteiger partial charge in [0.2, 0.25) is 10.0 Å². The van der Waals surface area contributed by atoms with E-state index in [1.807, 2.05) is 6.07 Å². The second-order valence-electron chi connectivity index (χ2n) is 6.18. The molecule has 0 amide bonds. The number of benzene rings is 1. The number of hydrogen-bond acceptors (Lipinski definition) is 2. The summed E-state index contributed by atoms with van der Waals surface area (Å²) in [6.07, 6.45) is 5.17. The van der Waals surface area contributed by atoms with Crippen LogP contribution in [-0.2, 0) is 10.0 Å². The third kappa shape index (κ3) is 2.68. The molecular weight excluding hydrogens is 338 g/mol. The molecular formula is C15H20BrNO2S. The van der Waals surface area contributed by atoms with E-state index < -0.39 is 10.0 Å². The lowest BCUT2D eigenvalue weighted by Crippen LogP contribution is -2.33. The lowest BCUT2D eigenvalue weighted by Gasteiger charge is -2.26. The zero-order valence-electron chi connectivity index (χ0n) is 11.6. The Kier molecular flexibility index (Phi) is 3.95. The molecule has 0 aromatic heterocycles. The number of hydrogen-bond donors (Lipinski definition) is 0. The van der Waals surface area contributed by atoms with Crippen molar-refractivity contribution in [3.8, 4) is 0 Å². The van der Waals surface area contributed by atoms with Gasteiger partial charge in [-0.15, -0.1) is 0 Å². The van der Waals surface area contributed by atoms with Crippen LogP contribution in [0.25, 0.3) is 0 Å². The molecule has 2 aliphatic rings. The first-order chi connectivity index (χ1) is 9.46. The van der Waals surface area contributed by atoms with Gasteiger partial charge in [-0.1, -0.05) is 28.4 Å². The highest BCUT2D eigenvalue weighted by atomic mass is 79.9. The Morgan fingerprint density at radius 1 is 1.30 bits per heavy atom. The van der Waals surface area contributed by atoms with Crippen molar-refractivity contribution < 1.29 is 8.42 Å². The van der Waals surface area contributed by atoms with E-state index in [-0.39, 0.29) is 0 Å². The summed E-state index contributed by atoms with van der Waals surface area (Å²) in [5.41, 5.74) is 0. The predicted molar refractivity (Wildman–Crippen MR) is 82.9 cm³/mol. The topological polar surface area (TPSA) is 37.4 Å². The molecule has 0 aliphatic heterocycles. The van der Waals surface area contributed by atoms with Crippen LogP contribution >= 0.6 is 15.9 Å². The van der Waals surface area contributed by atoms with Gasteiger partial charge in [0.1, 0.15) is 0 Å². The van der Waals surface area contributed by atoms with E-state index in [9.17, 15) is 8.42 Å². The van der Waals surface area contributed by atoms with Gasteiger partial charge in [-0.2, -0.15) is 0 Å². The maximum atomic E-state index is 12.6. The number of sulfonamides is 1. The van der Waals surface area contributed by atoms with Gasteiger partial charge < -0.3 is 0 Å². The van der Waals surface area contributed by atoms with Crippen LogP contribution in [-0.4, -0.2) is 26.3 Å². The van der Waals surface area contributed by atoms with Crippen molar-refractivity contribution in [2.45, 2.75) is 30.6 Å². The van der Waals surface area contributed by atoms with Crippen molar-refractivity contribution in [1.82, 2.24) is 4.31 Å². The average Bonchev–Trinajstić information content (AvgIpc) is 3.01. The minimum atomic E-state index is -3.36. The van der Waals surface area contributed by atoms with Crippen LogP contribution in [0.2, 0.25) is 0 Å². The minimum absolute atomic E-state index is 0.373. The van der Waals surface area contributed by atoms with Gasteiger partial charge in [0, 0.05) is 18.1 Å². The SMILES string of the molecule is CN(CC1CC2CCC1C2)S(=O)(=O)c1cccc(Br)c1. The highest BCUT2D eigenvalue weighted by Gasteiger charge is 2.40. The van der Waals surface area contributed by atoms with Crippen molar-refractivity contribution >= 4 is 26.0 Å². The molecule has 0 heterocycles. The summed E-state index contributed by atoms with van der Waals surface area (Å²) >= 11 is 3.34. The van der Waals surface area contributed by atoms with Crippen LogP contribution in [0.3, 0.4) is 0 Å². The molecule has 3 unspecified atom stereocenters. The number of rotatable bonds is 4. The van der Waals surface area contributed by atoms with Crippen LogP contribution in [0, 0.1) is 17.8 Å². The minimum Gasteiger partial charge on any atom is -0.207 e. The zero-order chi connectivity index (χ0) is 14.3. The molecule has 2 aliphatic carbocycles. The maximum absolute atomic E-state index is 12.6. The van der Waals surface area contributed by atoms with E-state index in [1.165, 1.54) is 25.7 Å². The van der Waals surface area contributed by atoms with Crippen LogP contribution in [0.4, 0.5) is 0 Å². The van der Waals surface area contributed by atoms with Gasteiger partial charge in [0.05, 0.1) is 4.90 Å². The molecule has 5 heteroatoms. The molecule has 0 spiro atoms. The highest BCUT2D eigenvalue weighted by Crippen LogP contribution is 2.48. The van der Waals surface area contributed by atoms with Crippen molar-refractivity contribution in [3.05, 3.63) is 28.7 Å². The van der Waals surface area contributed by atoms with Crippen molar-refractivity contribution in [3.63, 3.8) is 0 Å². The Hall–Kier alpha value is -0.390. The third-order valence-electron chi connectivity index (χ3n) is 4.88. The monoisotopic (exact) mass is 357 g/mol. The van der Waals surface area contributed by atoms with E-state index in [0.29, 0.717) is 17.4 Å². The van der Waals surface area contributed by atoms with Crippen LogP contribution in [0.1, 0.15) is 25.7 Å². The number of nitrogens with zero attached hydrogens (tertiary/aromatic N) is 1. The second-order valence-corrected chi connectivity index (χ2v) is 9.14. The normalized spacial score (nSPS) is 29.2. The largest absolute Gasteiger partial charge is 0.242 e. The van der Waals surface area contributed by atoms with Crippen LogP contribution in [0.5, 0.6) is 0 Å². The molecule has 20 heavy (non-hydrogen) atoms. The highest BCUT2D eigenvalue weighted by molar-refractivity contribution is 9.10. The van der Waals surface area contributed by atoms with E-state index in [1.54, 1.807) is 29.6 Å². The van der Waals surface area contributed by atoms with Gasteiger partial charge in [0.15, 0.2) is 0 Å². The maximum Gasteiger partial charge on any atom is 0.242 e. The summed E-state index contributed by atoms with van der Waals surface area (Å²) in [7, 11) is -1.65. The molecule has 0 N–H and O–H groups in total. The molecule has 2 saturated carbocycles. The molecule has 2 bridgehead atoms. The van der Waals surface area contributed by atoms with Crippen LogP contribution in [0.15, 0.2) is 33.6 Å². The zero-order valence-corrected chi connectivity index (χ0v) is 14.0. The van der Waals surface area contributed by atoms with E-state index in [0.717, 1.165) is 16.3 Å². The van der Waals surface area contributed by atoms with Crippen molar-refractivity contribution in [2.75, 3.05) is 13.6 Å². The average molecular weight is 358 g/mol. The standard InChI is InChI=1S/C15H20BrNO2S/c1-17(10-13-8-11-5-6-12(13)7-11)20(18,19)15-4-2-3-14(16)9-15/h2-4,9,11-13H,5-8,10H2,1H3. The van der Waals surface area contributed by atoms with E-state index in [4.69, 9.17) is 0 Å². The van der Waals surface area contributed by atoms with Crippen molar-refractivity contribution in [2.24, 2.45) is 17.8 Å². The molecule has 3 atom stereocenters. The predicted octanol–water partition coefficient (Wildman–Crippen LogP) is 3.51. The van der Waals surface area contributed by atoms with Gasteiger partial charge in [-0.05, 0) is 55.2 Å². The molecule has 1 aromatic rings. The molecule has 110 valence electrons. The summed E-state index contributed by atoms with van der Waals surface area (Å²) in [6, 6.07) is 6.95. The van der Waals surface area contributed by atoms with Gasteiger partial charge >= 0.3 is 0 Å². The first kappa shape index (κ1) is 14.5. The van der Waals surface area contributed by atoms with Crippen molar-refractivity contribution in [1.29, 1.82) is 0 Å². The van der Waals surface area contributed by atoms with Gasteiger partial charge in [0.25, 0.3) is 0 Å². The van der Waals surface area contributed by atoms with E-state index >= 15 is 0 Å². The molecule has 0 radical (unpaired) electrons. The molecule has 1 aromatic carbocycles. The first-order valence-corrected chi connectivity index (χ1v) is 9.42. The molecule has 3 nitrogen and oxygen atoms in total. The second kappa shape index (κ2) is 5.43. The summed E-state index contributed by atoms with van der Waals surface area (Å²) < 4.78 is 27.5. The fraction of sp³-hybridized carbons (Fsp3) is 0.600.